The van der Waals surface area contributed by atoms with Gasteiger partial charge in [0.05, 0.1) is 5.69 Å². The van der Waals surface area contributed by atoms with E-state index in [1.165, 1.54) is 0 Å². The first kappa shape index (κ1) is 14.6. The van der Waals surface area contributed by atoms with E-state index < -0.39 is 5.92 Å². The summed E-state index contributed by atoms with van der Waals surface area (Å²) in [5.41, 5.74) is 0.396. The molecular weight excluding hydrogens is 225 g/mol. The van der Waals surface area contributed by atoms with E-state index in [1.54, 1.807) is 18.3 Å². The molecule has 1 aromatic rings. The number of hydrogen-bond donors (Lipinski definition) is 0. The zero-order chi connectivity index (χ0) is 11.8. The van der Waals surface area contributed by atoms with Gasteiger partial charge in [0.1, 0.15) is 17.5 Å². The van der Waals surface area contributed by atoms with Gasteiger partial charge in [0, 0.05) is 48.6 Å². The molecule has 17 heavy (non-hydrogen) atoms. The number of pyridine rings is 1. The number of hydrogen-bond acceptors (Lipinski definition) is 3. The molecule has 1 saturated carbocycles. The van der Waals surface area contributed by atoms with Crippen LogP contribution in [-0.4, -0.2) is 46.1 Å². The Morgan fingerprint density at radius 3 is 2.24 bits per heavy atom. The van der Waals surface area contributed by atoms with Gasteiger partial charge in [-0.2, -0.15) is 0 Å². The Bertz CT molecular complexity index is 408. The minimum Gasteiger partial charge on any atom is -0.298 e. The third-order valence-electron chi connectivity index (χ3n) is 2.93. The summed E-state index contributed by atoms with van der Waals surface area (Å²) in [4.78, 5) is 28.0. The Kier molecular flexibility index (Phi) is 4.64. The molecule has 85 valence electrons. The van der Waals surface area contributed by atoms with E-state index in [0.717, 1.165) is 0 Å². The molecule has 0 aliphatic heterocycles. The van der Waals surface area contributed by atoms with E-state index in [9.17, 15) is 9.59 Å². The molecule has 1 fully saturated rings. The van der Waals surface area contributed by atoms with E-state index >= 15 is 0 Å². The van der Waals surface area contributed by atoms with Crippen LogP contribution in [0.15, 0.2) is 24.4 Å². The topological polar surface area (TPSA) is 47.0 Å². The van der Waals surface area contributed by atoms with Crippen LogP contribution in [0.5, 0.6) is 0 Å². The molecule has 2 rings (SSSR count). The summed E-state index contributed by atoms with van der Waals surface area (Å²) in [6, 6.07) is 5.34. The summed E-state index contributed by atoms with van der Waals surface area (Å²) in [6.45, 7) is 3.91. The van der Waals surface area contributed by atoms with Crippen LogP contribution in [0.1, 0.15) is 38.3 Å². The summed E-state index contributed by atoms with van der Waals surface area (Å²) in [5.74, 6) is -0.630. The molecule has 4 heteroatoms. The second kappa shape index (κ2) is 5.42. The molecule has 1 aliphatic carbocycles. The Hall–Kier alpha value is -0.510. The predicted molar refractivity (Wildman–Crippen MR) is 65.8 cm³/mol. The Morgan fingerprint density at radius 1 is 1.18 bits per heavy atom. The van der Waals surface area contributed by atoms with Crippen LogP contribution in [0, 0.1) is 5.41 Å². The molecule has 1 aromatic heterocycles. The first-order chi connectivity index (χ1) is 7.49. The fraction of sp³-hybridized carbons (Fsp3) is 0.462. The number of carbonyl (C=O) groups excluding carboxylic acids is 2. The van der Waals surface area contributed by atoms with Gasteiger partial charge in [-0.15, -0.1) is 0 Å². The summed E-state index contributed by atoms with van der Waals surface area (Å²) >= 11 is 0. The van der Waals surface area contributed by atoms with Gasteiger partial charge < -0.3 is 0 Å². The van der Waals surface area contributed by atoms with E-state index in [-0.39, 0.29) is 46.5 Å². The fourth-order valence-electron chi connectivity index (χ4n) is 2.27. The number of nitrogens with zero attached hydrogens (tertiary/aromatic N) is 1. The van der Waals surface area contributed by atoms with Crippen molar-refractivity contribution in [3.63, 3.8) is 0 Å². The predicted octanol–water partition coefficient (Wildman–Crippen LogP) is 1.74. The van der Waals surface area contributed by atoms with Crippen molar-refractivity contribution in [2.75, 3.05) is 0 Å². The van der Waals surface area contributed by atoms with Gasteiger partial charge >= 0.3 is 0 Å². The maximum absolute atomic E-state index is 12.0. The van der Waals surface area contributed by atoms with E-state index in [1.807, 2.05) is 19.9 Å². The van der Waals surface area contributed by atoms with E-state index in [2.05, 4.69) is 4.98 Å². The van der Waals surface area contributed by atoms with Crippen molar-refractivity contribution in [2.24, 2.45) is 5.41 Å². The zero-order valence-electron chi connectivity index (χ0n) is 10.6. The Labute approximate surface area is 123 Å². The van der Waals surface area contributed by atoms with Crippen LogP contribution in [0.2, 0.25) is 0 Å². The third-order valence-corrected chi connectivity index (χ3v) is 2.93. The van der Waals surface area contributed by atoms with Gasteiger partial charge in [-0.25, -0.2) is 0 Å². The molecule has 1 aliphatic rings. The SMILES string of the molecule is CC1(C)CC(=O)C(c2ccccn2)C(=O)C1.[Na]. The minimum absolute atomic E-state index is 0. The largest absolute Gasteiger partial charge is 0.298 e. The summed E-state index contributed by atoms with van der Waals surface area (Å²) < 4.78 is 0. The van der Waals surface area contributed by atoms with Crippen LogP contribution in [0.25, 0.3) is 0 Å². The number of carbonyl (C=O) groups is 2. The van der Waals surface area contributed by atoms with Crippen LogP contribution < -0.4 is 0 Å². The fourth-order valence-corrected chi connectivity index (χ4v) is 2.27. The first-order valence-electron chi connectivity index (χ1n) is 5.46. The molecule has 3 nitrogen and oxygen atoms in total. The van der Waals surface area contributed by atoms with Gasteiger partial charge in [-0.3, -0.25) is 14.6 Å². The molecule has 0 N–H and O–H groups in total. The van der Waals surface area contributed by atoms with Crippen LogP contribution in [0.4, 0.5) is 0 Å². The molecule has 0 aromatic carbocycles. The van der Waals surface area contributed by atoms with Crippen molar-refractivity contribution < 1.29 is 9.59 Å². The standard InChI is InChI=1S/C13H15NO2.Na/c1-13(2)7-10(15)12(11(16)8-13)9-5-3-4-6-14-9;/h3-6,12H,7-8H2,1-2H3;. The van der Waals surface area contributed by atoms with E-state index in [0.29, 0.717) is 18.5 Å². The van der Waals surface area contributed by atoms with Crippen molar-refractivity contribution >= 4 is 41.1 Å². The number of aromatic nitrogens is 1. The Balaban J connectivity index is 0.00000144. The molecule has 0 bridgehead atoms. The summed E-state index contributed by atoms with van der Waals surface area (Å²) in [5, 5.41) is 0. The maximum Gasteiger partial charge on any atom is 0.149 e. The minimum atomic E-state index is -0.630. The number of Topliss-reactive ketones (excluding diaryl/α,β-unsaturated/α-hetero) is 2. The van der Waals surface area contributed by atoms with E-state index in [4.69, 9.17) is 0 Å². The molecule has 0 amide bonds. The third kappa shape index (κ3) is 3.24. The molecular formula is C13H15NNaO2. The van der Waals surface area contributed by atoms with Crippen molar-refractivity contribution in [2.45, 2.75) is 32.6 Å². The van der Waals surface area contributed by atoms with Crippen molar-refractivity contribution in [1.29, 1.82) is 0 Å². The van der Waals surface area contributed by atoms with Gasteiger partial charge in [0.2, 0.25) is 0 Å². The number of ketones is 2. The molecule has 1 radical (unpaired) electrons. The summed E-state index contributed by atoms with van der Waals surface area (Å²) in [7, 11) is 0. The summed E-state index contributed by atoms with van der Waals surface area (Å²) in [6.07, 6.45) is 2.54. The average Bonchev–Trinajstić information content (AvgIpc) is 2.16. The molecule has 0 spiro atoms. The normalized spacial score (nSPS) is 19.9. The Morgan fingerprint density at radius 2 is 1.76 bits per heavy atom. The van der Waals surface area contributed by atoms with Gasteiger partial charge in [-0.05, 0) is 17.5 Å². The molecule has 1 heterocycles. The van der Waals surface area contributed by atoms with Crippen molar-refractivity contribution in [3.05, 3.63) is 30.1 Å². The van der Waals surface area contributed by atoms with Gasteiger partial charge in [0.25, 0.3) is 0 Å². The smallest absolute Gasteiger partial charge is 0.149 e. The molecule has 0 saturated heterocycles. The average molecular weight is 240 g/mol. The molecule has 0 atom stereocenters. The van der Waals surface area contributed by atoms with Crippen molar-refractivity contribution in [1.82, 2.24) is 4.98 Å². The zero-order valence-corrected chi connectivity index (χ0v) is 12.6. The van der Waals surface area contributed by atoms with Gasteiger partial charge in [-0.1, -0.05) is 19.9 Å². The number of rotatable bonds is 1. The van der Waals surface area contributed by atoms with Gasteiger partial charge in [0.15, 0.2) is 0 Å². The van der Waals surface area contributed by atoms with Crippen LogP contribution >= 0.6 is 0 Å². The first-order valence-corrected chi connectivity index (χ1v) is 5.46. The second-order valence-electron chi connectivity index (χ2n) is 5.14. The monoisotopic (exact) mass is 240 g/mol. The van der Waals surface area contributed by atoms with Crippen LogP contribution in [0.3, 0.4) is 0 Å². The second-order valence-corrected chi connectivity index (χ2v) is 5.14. The molecule has 0 unspecified atom stereocenters. The van der Waals surface area contributed by atoms with Crippen molar-refractivity contribution in [3.8, 4) is 0 Å². The van der Waals surface area contributed by atoms with Crippen LogP contribution in [-0.2, 0) is 9.59 Å². The quantitative estimate of drug-likeness (QED) is 0.555. The maximum atomic E-state index is 12.0.